The van der Waals surface area contributed by atoms with E-state index < -0.39 is 0 Å². The molecular weight excluding hydrogens is 844 g/mol. The lowest BCUT2D eigenvalue weighted by Crippen LogP contribution is -2.65. The molecule has 0 bridgehead atoms. The van der Waals surface area contributed by atoms with E-state index in [9.17, 15) is 0 Å². The Morgan fingerprint density at radius 3 is 1.26 bits per heavy atom. The van der Waals surface area contributed by atoms with Crippen LogP contribution in [0.1, 0.15) is 52.7 Å². The third kappa shape index (κ3) is 4.78. The molecule has 0 atom stereocenters. The number of hydrogen-bond acceptors (Lipinski definition) is 4. The Hall–Kier alpha value is -7.89. The molecule has 0 radical (unpaired) electrons. The first-order chi connectivity index (χ1) is 33.5. The van der Waals surface area contributed by atoms with E-state index in [0.717, 1.165) is 100 Å². The lowest BCUT2D eigenvalue weighted by Gasteiger charge is -2.41. The number of ether oxygens (including phenoxy) is 2. The summed E-state index contributed by atoms with van der Waals surface area (Å²) in [5.74, 6) is 3.26. The van der Waals surface area contributed by atoms with Crippen LogP contribution in [-0.2, 0) is 10.8 Å². The van der Waals surface area contributed by atoms with Crippen LogP contribution in [0, 0.1) is 0 Å². The zero-order valence-corrected chi connectivity index (χ0v) is 39.2. The van der Waals surface area contributed by atoms with E-state index in [0.29, 0.717) is 0 Å². The van der Waals surface area contributed by atoms with E-state index in [1.54, 1.807) is 0 Å². The SMILES string of the molecule is CC(C)(C)c1cc2c3c(c1)c1cc(C(C)(C)C)cc4c1n3-c1c3c(cc5c1B4c1cc4c(oc6ccccc64)c(-c4ccccc4)c1O5)Oc1c(cc4c(oc5ccccc54)c1-c1ccccc1)B32. The lowest BCUT2D eigenvalue weighted by atomic mass is 9.30. The fourth-order valence-electron chi connectivity index (χ4n) is 12.8. The molecule has 0 spiro atoms. The van der Waals surface area contributed by atoms with Crippen LogP contribution in [-0.4, -0.2) is 18.0 Å². The van der Waals surface area contributed by atoms with Gasteiger partial charge >= 0.3 is 0 Å². The highest BCUT2D eigenvalue weighted by atomic mass is 16.5. The van der Waals surface area contributed by atoms with E-state index >= 15 is 0 Å². The summed E-state index contributed by atoms with van der Waals surface area (Å²) in [6, 6.07) is 55.2. The zero-order valence-electron chi connectivity index (χ0n) is 39.2. The average Bonchev–Trinajstić information content (AvgIpc) is 4.02. The highest BCUT2D eigenvalue weighted by molar-refractivity contribution is 7.03. The van der Waals surface area contributed by atoms with Gasteiger partial charge in [-0.15, -0.1) is 0 Å². The highest BCUT2D eigenvalue weighted by Gasteiger charge is 2.51. The Bertz CT molecular complexity index is 4060. The number of nitrogens with zero attached hydrogens (tertiary/aromatic N) is 1. The number of benzene rings is 9. The molecule has 3 aromatic heterocycles. The second-order valence-corrected chi connectivity index (χ2v) is 21.9. The van der Waals surface area contributed by atoms with Crippen molar-refractivity contribution in [2.45, 2.75) is 52.4 Å². The van der Waals surface area contributed by atoms with Crippen LogP contribution < -0.4 is 42.3 Å². The summed E-state index contributed by atoms with van der Waals surface area (Å²) in [5.41, 5.74) is 20.8. The van der Waals surface area contributed by atoms with Gasteiger partial charge in [0.25, 0.3) is 13.4 Å². The minimum Gasteiger partial charge on any atom is -0.457 e. The van der Waals surface area contributed by atoms with Gasteiger partial charge in [0.1, 0.15) is 45.3 Å². The van der Waals surface area contributed by atoms with Gasteiger partial charge in [-0.1, -0.05) is 163 Å². The Morgan fingerprint density at radius 2 is 0.826 bits per heavy atom. The number of para-hydroxylation sites is 2. The van der Waals surface area contributed by atoms with Crippen LogP contribution in [0.25, 0.3) is 93.6 Å². The number of furan rings is 2. The Kier molecular flexibility index (Phi) is 6.96. The molecule has 326 valence electrons. The molecule has 0 aliphatic carbocycles. The molecule has 0 amide bonds. The number of aromatic nitrogens is 1. The summed E-state index contributed by atoms with van der Waals surface area (Å²) in [7, 11) is 0. The second kappa shape index (κ2) is 12.6. The summed E-state index contributed by atoms with van der Waals surface area (Å²) in [5, 5.41) is 6.95. The third-order valence-electron chi connectivity index (χ3n) is 15.9. The van der Waals surface area contributed by atoms with Gasteiger partial charge in [-0.05, 0) is 90.1 Å². The van der Waals surface area contributed by atoms with Crippen LogP contribution in [0.2, 0.25) is 0 Å². The fraction of sp³-hybridized carbons (Fsp3) is 0.129. The Morgan fingerprint density at radius 1 is 0.406 bits per heavy atom. The van der Waals surface area contributed by atoms with Crippen molar-refractivity contribution in [2.24, 2.45) is 0 Å². The topological polar surface area (TPSA) is 49.7 Å². The van der Waals surface area contributed by atoms with E-state index in [1.807, 2.05) is 0 Å². The van der Waals surface area contributed by atoms with E-state index in [2.05, 4.69) is 198 Å². The standard InChI is InChI=1S/C62H43B2NO4/c1-61(2,3)34-25-38-39-26-35(62(4,5)6)28-43-55(39)65-54(38)42(27-34)63-44-29-40-36-21-13-15-23-46(36)66-57(40)50(32-17-9-7-10-18-32)59(44)68-48-31-49-53(56(65)52(48)63)64(43)45-30-41-37-22-14-16-24-47(37)67-58(41)51(60(45)69-49)33-19-11-8-12-20-33/h7-31H,1-6H3. The van der Waals surface area contributed by atoms with Crippen molar-refractivity contribution in [1.29, 1.82) is 0 Å². The summed E-state index contributed by atoms with van der Waals surface area (Å²) < 4.78 is 31.6. The maximum Gasteiger partial charge on any atom is 0.256 e. The normalized spacial score (nSPS) is 14.1. The maximum atomic E-state index is 7.59. The molecular formula is C62H43B2NO4. The minimum absolute atomic E-state index is 0.124. The van der Waals surface area contributed by atoms with E-state index in [-0.39, 0.29) is 24.3 Å². The monoisotopic (exact) mass is 887 g/mol. The molecule has 7 heterocycles. The minimum atomic E-state index is -0.156. The van der Waals surface area contributed by atoms with Crippen LogP contribution in [0.4, 0.5) is 0 Å². The van der Waals surface area contributed by atoms with Crippen LogP contribution >= 0.6 is 0 Å². The molecule has 5 nitrogen and oxygen atoms in total. The van der Waals surface area contributed by atoms with Crippen LogP contribution in [0.3, 0.4) is 0 Å². The summed E-state index contributed by atoms with van der Waals surface area (Å²) in [6.07, 6.45) is 0. The molecule has 0 fully saturated rings. The third-order valence-corrected chi connectivity index (χ3v) is 15.9. The number of fused-ring (bicyclic) bond motifs is 13. The Balaban J connectivity index is 1.12. The highest BCUT2D eigenvalue weighted by Crippen LogP contribution is 2.50. The lowest BCUT2D eigenvalue weighted by molar-refractivity contribution is 0.466. The van der Waals surface area contributed by atoms with E-state index in [1.165, 1.54) is 60.5 Å². The van der Waals surface area contributed by atoms with Crippen molar-refractivity contribution in [3.05, 3.63) is 163 Å². The predicted molar refractivity (Wildman–Crippen MR) is 286 cm³/mol. The van der Waals surface area contributed by atoms with Crippen LogP contribution in [0.15, 0.2) is 160 Å². The largest absolute Gasteiger partial charge is 0.457 e. The summed E-state index contributed by atoms with van der Waals surface area (Å²) >= 11 is 0. The molecule has 4 aliphatic heterocycles. The molecule has 9 aromatic carbocycles. The van der Waals surface area contributed by atoms with Crippen LogP contribution in [0.5, 0.6) is 23.0 Å². The molecule has 0 saturated heterocycles. The molecule has 69 heavy (non-hydrogen) atoms. The summed E-state index contributed by atoms with van der Waals surface area (Å²) in [4.78, 5) is 0. The molecule has 16 rings (SSSR count). The van der Waals surface area contributed by atoms with Crippen molar-refractivity contribution in [3.63, 3.8) is 0 Å². The van der Waals surface area contributed by atoms with Gasteiger partial charge in [-0.25, -0.2) is 0 Å². The molecule has 0 N–H and O–H groups in total. The van der Waals surface area contributed by atoms with Gasteiger partial charge in [-0.2, -0.15) is 0 Å². The maximum absolute atomic E-state index is 7.59. The van der Waals surface area contributed by atoms with Crippen molar-refractivity contribution in [1.82, 2.24) is 4.57 Å². The van der Waals surface area contributed by atoms with Gasteiger partial charge in [-0.3, -0.25) is 0 Å². The molecule has 12 aromatic rings. The van der Waals surface area contributed by atoms with Crippen molar-refractivity contribution in [3.8, 4) is 50.9 Å². The fourth-order valence-corrected chi connectivity index (χ4v) is 12.8. The van der Waals surface area contributed by atoms with Gasteiger partial charge < -0.3 is 22.9 Å². The summed E-state index contributed by atoms with van der Waals surface area (Å²) in [6.45, 7) is 13.8. The van der Waals surface area contributed by atoms with Crippen molar-refractivity contribution < 1.29 is 18.3 Å². The van der Waals surface area contributed by atoms with Crippen molar-refractivity contribution >= 4 is 112 Å². The first-order valence-electron chi connectivity index (χ1n) is 24.3. The number of rotatable bonds is 2. The second-order valence-electron chi connectivity index (χ2n) is 21.9. The first-order valence-corrected chi connectivity index (χ1v) is 24.3. The molecule has 0 saturated carbocycles. The first kappa shape index (κ1) is 38.1. The smallest absolute Gasteiger partial charge is 0.256 e. The quantitative estimate of drug-likeness (QED) is 0.162. The van der Waals surface area contributed by atoms with Gasteiger partial charge in [0, 0.05) is 55.1 Å². The zero-order chi connectivity index (χ0) is 46.0. The molecule has 0 unspecified atom stereocenters. The van der Waals surface area contributed by atoms with Gasteiger partial charge in [0.2, 0.25) is 0 Å². The molecule has 7 heteroatoms. The van der Waals surface area contributed by atoms with E-state index in [4.69, 9.17) is 18.3 Å². The van der Waals surface area contributed by atoms with Crippen molar-refractivity contribution in [2.75, 3.05) is 0 Å². The average molecular weight is 888 g/mol. The number of hydrogen-bond donors (Lipinski definition) is 0. The Labute approximate surface area is 399 Å². The molecule has 4 aliphatic rings. The predicted octanol–water partition coefficient (Wildman–Crippen LogP) is 12.4. The van der Waals surface area contributed by atoms with Gasteiger partial charge in [0.05, 0.1) is 11.1 Å². The van der Waals surface area contributed by atoms with Gasteiger partial charge in [0.15, 0.2) is 0 Å².